The molecule has 0 amide bonds. The number of benzene rings is 6. The van der Waals surface area contributed by atoms with Crippen molar-refractivity contribution in [2.24, 2.45) is 17.8 Å². The lowest BCUT2D eigenvalue weighted by atomic mass is 9.77. The van der Waals surface area contributed by atoms with Gasteiger partial charge < -0.3 is 14.2 Å². The van der Waals surface area contributed by atoms with Gasteiger partial charge in [0.25, 0.3) is 0 Å². The minimum absolute atomic E-state index is 0.191. The van der Waals surface area contributed by atoms with Crippen molar-refractivity contribution in [1.82, 2.24) is 0 Å². The number of alkyl halides is 6. The molecule has 384 valence electrons. The summed E-state index contributed by atoms with van der Waals surface area (Å²) < 4.78 is 86.3. The topological polar surface area (TPSA) is 27.7 Å². The summed E-state index contributed by atoms with van der Waals surface area (Å²) in [6.07, 6.45) is 19.7. The van der Waals surface area contributed by atoms with Crippen LogP contribution in [0.25, 0.3) is 33.4 Å². The second-order valence-electron chi connectivity index (χ2n) is 20.2. The molecule has 0 spiro atoms. The fraction of sp³-hybridized carbons (Fsp3) is 0.429. The first-order valence-electron chi connectivity index (χ1n) is 26.4. The van der Waals surface area contributed by atoms with Gasteiger partial charge in [-0.3, -0.25) is 0 Å². The monoisotopic (exact) mass is 991 g/mol. The van der Waals surface area contributed by atoms with Crippen LogP contribution < -0.4 is 14.2 Å². The van der Waals surface area contributed by atoms with Crippen molar-refractivity contribution in [1.29, 1.82) is 0 Å². The van der Waals surface area contributed by atoms with Crippen molar-refractivity contribution in [3.05, 3.63) is 162 Å². The molecule has 0 radical (unpaired) electrons. The Morgan fingerprint density at radius 2 is 0.597 bits per heavy atom. The third-order valence-corrected chi connectivity index (χ3v) is 15.4. The second-order valence-corrected chi connectivity index (χ2v) is 20.2. The van der Waals surface area contributed by atoms with Crippen LogP contribution in [0.4, 0.5) is 26.3 Å². The van der Waals surface area contributed by atoms with Gasteiger partial charge in [0.15, 0.2) is 0 Å². The lowest BCUT2D eigenvalue weighted by Gasteiger charge is -2.28. The van der Waals surface area contributed by atoms with E-state index in [4.69, 9.17) is 0 Å². The quantitative estimate of drug-likeness (QED) is 0.0960. The summed E-state index contributed by atoms with van der Waals surface area (Å²) in [6.45, 7) is -1.44. The maximum Gasteiger partial charge on any atom is 0.387 e. The number of hydrogen-bond acceptors (Lipinski definition) is 3. The van der Waals surface area contributed by atoms with Crippen molar-refractivity contribution < 1.29 is 40.6 Å². The van der Waals surface area contributed by atoms with E-state index < -0.39 is 19.8 Å². The van der Waals surface area contributed by atoms with E-state index in [0.717, 1.165) is 51.1 Å². The number of ether oxygens (including phenoxy) is 3. The smallest absolute Gasteiger partial charge is 0.387 e. The molecule has 3 nitrogen and oxygen atoms in total. The van der Waals surface area contributed by atoms with E-state index in [-0.39, 0.29) is 17.2 Å². The Kier molecular flexibility index (Phi) is 20.6. The summed E-state index contributed by atoms with van der Waals surface area (Å²) >= 11 is 0. The first kappa shape index (κ1) is 54.1. The van der Waals surface area contributed by atoms with Crippen LogP contribution in [0.15, 0.2) is 146 Å². The standard InChI is InChI=1S/C22H26F2O.C21H24F2O.C20H22F2O/c1-2-3-16-4-6-17(7-5-16)18-8-10-19(11-9-18)20-12-14-21(15-13-20)25-22(23)24;1-2-15-3-5-16(6-4-15)17-7-9-18(10-8-17)19-11-13-20(14-12-19)24-21(22)23;1-14-2-4-15(5-3-14)16-6-8-17(9-7-16)18-10-12-19(13-11-18)23-20(21)22/h8-17,22H,2-7H2,1H3;7-16,21H,2-6H2,1H3;6-15,20H,2-5H2,1H3. The molecule has 3 saturated carbocycles. The Morgan fingerprint density at radius 3 is 0.847 bits per heavy atom. The highest BCUT2D eigenvalue weighted by molar-refractivity contribution is 5.66. The van der Waals surface area contributed by atoms with Gasteiger partial charge >= 0.3 is 19.8 Å². The molecule has 0 saturated heterocycles. The molecule has 0 unspecified atom stereocenters. The van der Waals surface area contributed by atoms with Crippen molar-refractivity contribution >= 4 is 0 Å². The third-order valence-electron chi connectivity index (χ3n) is 15.4. The summed E-state index contributed by atoms with van der Waals surface area (Å²) in [6, 6.07) is 46.5. The first-order chi connectivity index (χ1) is 34.9. The second kappa shape index (κ2) is 27.4. The van der Waals surface area contributed by atoms with Gasteiger partial charge in [0.1, 0.15) is 17.2 Å². The molecule has 0 aliphatic heterocycles. The van der Waals surface area contributed by atoms with E-state index in [0.29, 0.717) is 17.8 Å². The van der Waals surface area contributed by atoms with E-state index in [1.165, 1.54) is 113 Å². The van der Waals surface area contributed by atoms with E-state index in [2.05, 4.69) is 108 Å². The molecule has 0 bridgehead atoms. The van der Waals surface area contributed by atoms with Crippen LogP contribution in [0.2, 0.25) is 0 Å². The van der Waals surface area contributed by atoms with E-state index >= 15 is 0 Å². The Hall–Kier alpha value is -5.70. The van der Waals surface area contributed by atoms with Crippen LogP contribution in [-0.2, 0) is 0 Å². The molecule has 0 aromatic heterocycles. The highest BCUT2D eigenvalue weighted by Gasteiger charge is 2.23. The predicted molar refractivity (Wildman–Crippen MR) is 280 cm³/mol. The van der Waals surface area contributed by atoms with Gasteiger partial charge in [0, 0.05) is 0 Å². The zero-order valence-corrected chi connectivity index (χ0v) is 42.2. The fourth-order valence-electron chi connectivity index (χ4n) is 11.0. The fourth-order valence-corrected chi connectivity index (χ4v) is 11.0. The minimum atomic E-state index is -2.78. The Labute approximate surface area is 424 Å². The van der Waals surface area contributed by atoms with Crippen LogP contribution >= 0.6 is 0 Å². The summed E-state index contributed by atoms with van der Waals surface area (Å²) in [7, 11) is 0. The number of hydrogen-bond donors (Lipinski definition) is 0. The Balaban J connectivity index is 0.000000159. The molecule has 3 fully saturated rings. The van der Waals surface area contributed by atoms with Gasteiger partial charge in [0.2, 0.25) is 0 Å². The van der Waals surface area contributed by atoms with E-state index in [1.807, 2.05) is 36.4 Å². The third kappa shape index (κ3) is 16.4. The molecular weight excluding hydrogens is 919 g/mol. The van der Waals surface area contributed by atoms with Crippen molar-refractivity contribution in [3.8, 4) is 50.6 Å². The summed E-state index contributed by atoms with van der Waals surface area (Å²) in [5, 5.41) is 0. The SMILES string of the molecule is CC1CCC(c2ccc(-c3ccc(OC(F)F)cc3)cc2)CC1.CCC1CCC(c2ccc(-c3ccc(OC(F)F)cc3)cc2)CC1.CCCC1CCC(c2ccc(-c3ccc(OC(F)F)cc3)cc2)CC1. The van der Waals surface area contributed by atoms with Gasteiger partial charge in [-0.05, 0) is 186 Å². The van der Waals surface area contributed by atoms with Crippen molar-refractivity contribution in [3.63, 3.8) is 0 Å². The molecule has 6 aromatic rings. The lowest BCUT2D eigenvalue weighted by molar-refractivity contribution is -0.0505. The zero-order valence-electron chi connectivity index (χ0n) is 42.2. The van der Waals surface area contributed by atoms with Gasteiger partial charge in [-0.1, -0.05) is 162 Å². The van der Waals surface area contributed by atoms with Crippen LogP contribution in [0.1, 0.15) is 152 Å². The maximum absolute atomic E-state index is 12.2. The number of rotatable bonds is 15. The minimum Gasteiger partial charge on any atom is -0.435 e. The van der Waals surface area contributed by atoms with Gasteiger partial charge in [0.05, 0.1) is 0 Å². The molecule has 9 rings (SSSR count). The zero-order chi connectivity index (χ0) is 50.8. The average molecular weight is 991 g/mol. The Morgan fingerprint density at radius 1 is 0.347 bits per heavy atom. The van der Waals surface area contributed by atoms with Crippen molar-refractivity contribution in [2.75, 3.05) is 0 Å². The van der Waals surface area contributed by atoms with Crippen molar-refractivity contribution in [2.45, 2.75) is 155 Å². The molecule has 72 heavy (non-hydrogen) atoms. The molecular formula is C63H72F6O3. The molecule has 0 N–H and O–H groups in total. The largest absolute Gasteiger partial charge is 0.435 e. The predicted octanol–water partition coefficient (Wildman–Crippen LogP) is 19.9. The Bertz CT molecular complexity index is 2430. The molecule has 0 heterocycles. The van der Waals surface area contributed by atoms with Gasteiger partial charge in [-0.2, -0.15) is 26.3 Å². The maximum atomic E-state index is 12.2. The van der Waals surface area contributed by atoms with Crippen LogP contribution in [0, 0.1) is 17.8 Å². The normalized spacial score (nSPS) is 21.0. The van der Waals surface area contributed by atoms with E-state index in [9.17, 15) is 26.3 Å². The lowest BCUT2D eigenvalue weighted by Crippen LogP contribution is -2.13. The van der Waals surface area contributed by atoms with Crippen LogP contribution in [0.3, 0.4) is 0 Å². The molecule has 0 atom stereocenters. The van der Waals surface area contributed by atoms with Gasteiger partial charge in [-0.15, -0.1) is 0 Å². The highest BCUT2D eigenvalue weighted by atomic mass is 19.3. The average Bonchev–Trinajstić information content (AvgIpc) is 3.40. The first-order valence-corrected chi connectivity index (χ1v) is 26.4. The van der Waals surface area contributed by atoms with E-state index in [1.54, 1.807) is 36.4 Å². The summed E-state index contributed by atoms with van der Waals surface area (Å²) in [4.78, 5) is 0. The molecule has 3 aliphatic carbocycles. The summed E-state index contributed by atoms with van der Waals surface area (Å²) in [5.74, 6) is 5.33. The van der Waals surface area contributed by atoms with Gasteiger partial charge in [-0.25, -0.2) is 0 Å². The molecule has 9 heteroatoms. The molecule has 6 aromatic carbocycles. The molecule has 3 aliphatic rings. The van der Waals surface area contributed by atoms with Crippen LogP contribution in [-0.4, -0.2) is 19.8 Å². The number of halogens is 6. The van der Waals surface area contributed by atoms with Crippen LogP contribution in [0.5, 0.6) is 17.2 Å². The summed E-state index contributed by atoms with van der Waals surface area (Å²) in [5.41, 5.74) is 10.6. The highest BCUT2D eigenvalue weighted by Crippen LogP contribution is 2.40.